The summed E-state index contributed by atoms with van der Waals surface area (Å²) in [6.45, 7) is 16.3. The van der Waals surface area contributed by atoms with Crippen molar-refractivity contribution in [1.29, 1.82) is 0 Å². The van der Waals surface area contributed by atoms with E-state index in [-0.39, 0.29) is 64.4 Å². The summed E-state index contributed by atoms with van der Waals surface area (Å²) in [5.74, 6) is -1.56. The fraction of sp³-hybridized carbons (Fsp3) is 0.973. The molecule has 5 saturated carbocycles. The van der Waals surface area contributed by atoms with Gasteiger partial charge in [-0.2, -0.15) is 0 Å². The van der Waals surface area contributed by atoms with Crippen molar-refractivity contribution in [2.45, 2.75) is 167 Å². The van der Waals surface area contributed by atoms with Crippen LogP contribution in [0.5, 0.6) is 0 Å². The first-order valence-electron chi connectivity index (χ1n) is 18.5. The highest BCUT2D eigenvalue weighted by atomic mass is 16.7. The number of aliphatic hydroxyl groups excluding tert-OH is 4. The number of esters is 1. The van der Waals surface area contributed by atoms with Crippen molar-refractivity contribution >= 4 is 5.97 Å². The second-order valence-corrected chi connectivity index (χ2v) is 19.0. The van der Waals surface area contributed by atoms with Gasteiger partial charge >= 0.3 is 5.97 Å². The van der Waals surface area contributed by atoms with E-state index in [9.17, 15) is 30.3 Å². The van der Waals surface area contributed by atoms with Crippen molar-refractivity contribution in [2.75, 3.05) is 6.61 Å². The number of aliphatic hydroxyl groups is 5. The molecular weight excluding hydrogens is 620 g/mol. The van der Waals surface area contributed by atoms with Crippen molar-refractivity contribution in [3.8, 4) is 0 Å². The zero-order chi connectivity index (χ0) is 34.8. The maximum absolute atomic E-state index is 12.9. The molecule has 8 aliphatic rings. The molecule has 11 heteroatoms. The van der Waals surface area contributed by atoms with E-state index in [1.54, 1.807) is 13.8 Å². The molecule has 48 heavy (non-hydrogen) atoms. The van der Waals surface area contributed by atoms with Gasteiger partial charge in [-0.05, 0) is 104 Å². The van der Waals surface area contributed by atoms with Crippen molar-refractivity contribution < 1.29 is 54.0 Å². The average molecular weight is 679 g/mol. The summed E-state index contributed by atoms with van der Waals surface area (Å²) >= 11 is 0. The SMILES string of the molecule is CC(=O)O[C@@H]1C[C@@]23C[C@@]24CC[C@H](O[C@@H]2OC[C@H](O)[C@H](O)[C@H]2O)C(C)(C)[C@@H]4CC[C@H]3[C@]2(C)C[C@@H]3O[C@@]4(O)[C@H](OC(C)(C)[C@H]4O)[C@@H](C)[C@@H]3[C@@]12C. The molecule has 0 unspecified atom stereocenters. The Kier molecular flexibility index (Phi) is 7.24. The van der Waals surface area contributed by atoms with Gasteiger partial charge in [0, 0.05) is 12.3 Å². The van der Waals surface area contributed by atoms with Gasteiger partial charge < -0.3 is 49.2 Å². The molecule has 272 valence electrons. The van der Waals surface area contributed by atoms with Gasteiger partial charge in [0.1, 0.15) is 36.6 Å². The van der Waals surface area contributed by atoms with E-state index in [0.717, 1.165) is 38.5 Å². The molecule has 0 aromatic rings. The summed E-state index contributed by atoms with van der Waals surface area (Å²) in [6.07, 6.45) is -1.19. The van der Waals surface area contributed by atoms with Crippen LogP contribution in [0.2, 0.25) is 0 Å². The Labute approximate surface area is 284 Å². The van der Waals surface area contributed by atoms with E-state index in [1.165, 1.54) is 6.92 Å². The smallest absolute Gasteiger partial charge is 0.302 e. The highest BCUT2D eigenvalue weighted by Crippen LogP contribution is 2.89. The Balaban J connectivity index is 1.12. The summed E-state index contributed by atoms with van der Waals surface area (Å²) in [5, 5.41) is 54.1. The molecule has 0 aromatic heterocycles. The third kappa shape index (κ3) is 3.95. The molecule has 2 spiro atoms. The molecule has 0 amide bonds. The zero-order valence-corrected chi connectivity index (χ0v) is 29.8. The van der Waals surface area contributed by atoms with E-state index in [1.807, 2.05) is 0 Å². The third-order valence-electron chi connectivity index (χ3n) is 16.4. The van der Waals surface area contributed by atoms with Crippen molar-refractivity contribution in [3.63, 3.8) is 0 Å². The van der Waals surface area contributed by atoms with Gasteiger partial charge in [-0.3, -0.25) is 4.79 Å². The molecular formula is C37H58O11. The monoisotopic (exact) mass is 678 g/mol. The number of hydrogen-bond acceptors (Lipinski definition) is 11. The predicted molar refractivity (Wildman–Crippen MR) is 170 cm³/mol. The Morgan fingerprint density at radius 2 is 1.54 bits per heavy atom. The van der Waals surface area contributed by atoms with E-state index < -0.39 is 53.6 Å². The Morgan fingerprint density at radius 3 is 2.23 bits per heavy atom. The number of ether oxygens (including phenoxy) is 5. The van der Waals surface area contributed by atoms with Gasteiger partial charge in [0.05, 0.1) is 24.4 Å². The second-order valence-electron chi connectivity index (χ2n) is 19.0. The lowest BCUT2D eigenvalue weighted by Crippen LogP contribution is -2.66. The van der Waals surface area contributed by atoms with Crippen LogP contribution in [0.3, 0.4) is 0 Å². The molecule has 0 radical (unpaired) electrons. The number of carbonyl (C=O) groups excluding carboxylic acids is 1. The molecule has 11 nitrogen and oxygen atoms in total. The topological polar surface area (TPSA) is 164 Å². The molecule has 8 rings (SSSR count). The molecule has 3 saturated heterocycles. The molecule has 18 atom stereocenters. The average Bonchev–Trinajstić information content (AvgIpc) is 3.52. The first-order chi connectivity index (χ1) is 22.2. The minimum Gasteiger partial charge on any atom is -0.462 e. The zero-order valence-electron chi connectivity index (χ0n) is 29.8. The summed E-state index contributed by atoms with van der Waals surface area (Å²) in [5.41, 5.74) is -1.87. The van der Waals surface area contributed by atoms with Crippen molar-refractivity contribution in [3.05, 3.63) is 0 Å². The van der Waals surface area contributed by atoms with E-state index in [4.69, 9.17) is 23.7 Å². The normalized spacial score (nSPS) is 60.4. The Bertz CT molecular complexity index is 1350. The lowest BCUT2D eigenvalue weighted by atomic mass is 9.41. The van der Waals surface area contributed by atoms with Crippen LogP contribution in [-0.2, 0) is 28.5 Å². The van der Waals surface area contributed by atoms with Crippen LogP contribution < -0.4 is 0 Å². The molecule has 3 heterocycles. The molecule has 0 aromatic carbocycles. The van der Waals surface area contributed by atoms with Gasteiger partial charge in [-0.1, -0.05) is 34.6 Å². The van der Waals surface area contributed by atoms with Crippen LogP contribution >= 0.6 is 0 Å². The molecule has 3 aliphatic heterocycles. The fourth-order valence-corrected chi connectivity index (χ4v) is 14.3. The van der Waals surface area contributed by atoms with Gasteiger partial charge in [0.25, 0.3) is 0 Å². The number of carbonyl (C=O) groups is 1. The van der Waals surface area contributed by atoms with E-state index >= 15 is 0 Å². The van der Waals surface area contributed by atoms with Crippen LogP contribution in [0, 0.1) is 50.7 Å². The van der Waals surface area contributed by atoms with E-state index in [2.05, 4.69) is 34.6 Å². The van der Waals surface area contributed by atoms with Crippen molar-refractivity contribution in [1.82, 2.24) is 0 Å². The lowest BCUT2D eigenvalue weighted by Gasteiger charge is -2.65. The van der Waals surface area contributed by atoms with Crippen LogP contribution in [0.1, 0.15) is 100 Å². The number of rotatable bonds is 3. The maximum atomic E-state index is 12.9. The second kappa shape index (κ2) is 10.2. The molecule has 5 aliphatic carbocycles. The molecule has 5 N–H and O–H groups in total. The summed E-state index contributed by atoms with van der Waals surface area (Å²) in [4.78, 5) is 12.9. The number of hydrogen-bond donors (Lipinski definition) is 5. The summed E-state index contributed by atoms with van der Waals surface area (Å²) in [7, 11) is 0. The lowest BCUT2D eigenvalue weighted by molar-refractivity contribution is -0.330. The third-order valence-corrected chi connectivity index (χ3v) is 16.4. The highest BCUT2D eigenvalue weighted by molar-refractivity contribution is 5.66. The summed E-state index contributed by atoms with van der Waals surface area (Å²) in [6, 6.07) is 0. The predicted octanol–water partition coefficient (Wildman–Crippen LogP) is 2.66. The molecule has 0 bridgehead atoms. The Morgan fingerprint density at radius 1 is 0.854 bits per heavy atom. The first-order valence-corrected chi connectivity index (χ1v) is 18.5. The van der Waals surface area contributed by atoms with Crippen LogP contribution in [-0.4, -0.2) is 105 Å². The maximum Gasteiger partial charge on any atom is 0.302 e. The largest absolute Gasteiger partial charge is 0.462 e. The van der Waals surface area contributed by atoms with Crippen LogP contribution in [0.4, 0.5) is 0 Å². The van der Waals surface area contributed by atoms with Gasteiger partial charge in [0.2, 0.25) is 5.79 Å². The standard InChI is InChI=1S/C37H58O11/c1-17-25-20(47-37(43)28(17)48-32(5,6)30(37)42)13-33(7)22-10-9-21-31(3,4)23(46-29-27(41)26(40)19(39)15-44-29)11-12-35(21)16-36(22,35)14-24(34(25,33)8)45-18(2)38/h17,19-30,39-43H,9-16H2,1-8H3/t17-,19-,20-,21-,22-,23-,24+,25-,26-,27+,28+,29-,30+,33-,34+,35+,36-,37-/m0/s1. The van der Waals surface area contributed by atoms with Crippen LogP contribution in [0.15, 0.2) is 0 Å². The van der Waals surface area contributed by atoms with E-state index in [0.29, 0.717) is 18.3 Å². The van der Waals surface area contributed by atoms with Gasteiger partial charge in [0.15, 0.2) is 6.29 Å². The van der Waals surface area contributed by atoms with Crippen LogP contribution in [0.25, 0.3) is 0 Å². The van der Waals surface area contributed by atoms with Crippen molar-refractivity contribution in [2.24, 2.45) is 50.7 Å². The minimum atomic E-state index is -1.80. The highest BCUT2D eigenvalue weighted by Gasteiger charge is 2.86. The summed E-state index contributed by atoms with van der Waals surface area (Å²) < 4.78 is 31.6. The minimum absolute atomic E-state index is 0.0187. The first kappa shape index (κ1) is 34.2. The fourth-order valence-electron chi connectivity index (χ4n) is 14.3. The molecule has 8 fully saturated rings. The Hall–Kier alpha value is -0.890. The van der Waals surface area contributed by atoms with Gasteiger partial charge in [-0.25, -0.2) is 0 Å². The quantitative estimate of drug-likeness (QED) is 0.220. The van der Waals surface area contributed by atoms with Gasteiger partial charge in [-0.15, -0.1) is 0 Å². The number of fused-ring (bicyclic) bond motifs is 5.